The number of carbonyl (C=O) groups is 1. The fourth-order valence-electron chi connectivity index (χ4n) is 2.17. The maximum Gasteiger partial charge on any atom is 0.302 e. The molecule has 0 aliphatic carbocycles. The lowest BCUT2D eigenvalue weighted by atomic mass is 9.95. The van der Waals surface area contributed by atoms with E-state index in [1.165, 1.54) is 19.1 Å². The first-order valence-corrected chi connectivity index (χ1v) is 5.81. The molecule has 1 N–H and O–H groups in total. The van der Waals surface area contributed by atoms with Gasteiger partial charge in [-0.3, -0.25) is 4.79 Å². The van der Waals surface area contributed by atoms with Gasteiger partial charge in [0.25, 0.3) is 0 Å². The maximum atomic E-state index is 12.8. The van der Waals surface area contributed by atoms with Crippen LogP contribution < -0.4 is 5.32 Å². The van der Waals surface area contributed by atoms with E-state index in [4.69, 9.17) is 4.74 Å². The van der Waals surface area contributed by atoms with Crippen LogP contribution in [0.5, 0.6) is 0 Å². The third kappa shape index (κ3) is 3.27. The van der Waals surface area contributed by atoms with Gasteiger partial charge >= 0.3 is 5.97 Å². The number of hydrogen-bond donors (Lipinski definition) is 1. The Kier molecular flexibility index (Phi) is 3.74. The molecule has 1 aromatic rings. The zero-order valence-corrected chi connectivity index (χ0v) is 9.78. The van der Waals surface area contributed by atoms with Gasteiger partial charge in [0.1, 0.15) is 11.9 Å². The molecule has 2 atom stereocenters. The zero-order valence-electron chi connectivity index (χ0n) is 9.78. The number of esters is 1. The number of halogens is 1. The van der Waals surface area contributed by atoms with Crippen LogP contribution in [0.25, 0.3) is 0 Å². The maximum absolute atomic E-state index is 12.8. The van der Waals surface area contributed by atoms with Crippen LogP contribution in [-0.2, 0) is 9.53 Å². The summed E-state index contributed by atoms with van der Waals surface area (Å²) in [5.41, 5.74) is 1.03. The Labute approximate surface area is 100.0 Å². The highest BCUT2D eigenvalue weighted by atomic mass is 19.1. The number of nitrogens with one attached hydrogen (secondary N) is 1. The van der Waals surface area contributed by atoms with Crippen LogP contribution in [0.15, 0.2) is 24.3 Å². The topological polar surface area (TPSA) is 38.3 Å². The minimum atomic E-state index is -0.241. The van der Waals surface area contributed by atoms with Crippen molar-refractivity contribution in [2.24, 2.45) is 0 Å². The van der Waals surface area contributed by atoms with Crippen molar-refractivity contribution in [3.05, 3.63) is 35.6 Å². The molecule has 1 aliphatic rings. The van der Waals surface area contributed by atoms with E-state index in [0.717, 1.165) is 24.9 Å². The normalized spacial score (nSPS) is 24.4. The highest BCUT2D eigenvalue weighted by molar-refractivity contribution is 5.66. The van der Waals surface area contributed by atoms with Crippen molar-refractivity contribution in [2.75, 3.05) is 6.54 Å². The summed E-state index contributed by atoms with van der Waals surface area (Å²) >= 11 is 0. The molecule has 1 fully saturated rings. The predicted octanol–water partition coefficient (Wildman–Crippen LogP) is 2.18. The molecule has 4 heteroatoms. The summed E-state index contributed by atoms with van der Waals surface area (Å²) in [6, 6.07) is 6.57. The Morgan fingerprint density at radius 1 is 1.41 bits per heavy atom. The molecule has 0 unspecified atom stereocenters. The van der Waals surface area contributed by atoms with Crippen molar-refractivity contribution in [1.29, 1.82) is 0 Å². The average molecular weight is 237 g/mol. The van der Waals surface area contributed by atoms with Gasteiger partial charge < -0.3 is 10.1 Å². The molecule has 92 valence electrons. The second kappa shape index (κ2) is 5.27. The summed E-state index contributed by atoms with van der Waals surface area (Å²) in [4.78, 5) is 10.9. The van der Waals surface area contributed by atoms with Crippen molar-refractivity contribution in [3.63, 3.8) is 0 Å². The van der Waals surface area contributed by atoms with Gasteiger partial charge in [0.05, 0.1) is 0 Å². The van der Waals surface area contributed by atoms with Gasteiger partial charge in [-0.1, -0.05) is 12.1 Å². The fraction of sp³-hybridized carbons (Fsp3) is 0.462. The largest absolute Gasteiger partial charge is 0.462 e. The monoisotopic (exact) mass is 237 g/mol. The molecule has 0 bridgehead atoms. The van der Waals surface area contributed by atoms with Gasteiger partial charge in [-0.05, 0) is 30.7 Å². The van der Waals surface area contributed by atoms with Crippen LogP contribution in [0, 0.1) is 5.82 Å². The fourth-order valence-corrected chi connectivity index (χ4v) is 2.17. The van der Waals surface area contributed by atoms with Crippen LogP contribution in [0.2, 0.25) is 0 Å². The molecule has 0 saturated carbocycles. The average Bonchev–Trinajstić information content (AvgIpc) is 2.29. The molecule has 3 nitrogen and oxygen atoms in total. The molecule has 1 aromatic carbocycles. The summed E-state index contributed by atoms with van der Waals surface area (Å²) in [7, 11) is 0. The Morgan fingerprint density at radius 3 is 2.76 bits per heavy atom. The number of rotatable bonds is 2. The number of benzene rings is 1. The lowest BCUT2D eigenvalue weighted by molar-refractivity contribution is -0.147. The summed E-state index contributed by atoms with van der Waals surface area (Å²) in [5, 5.41) is 3.34. The molecule has 0 spiro atoms. The zero-order chi connectivity index (χ0) is 12.3. The van der Waals surface area contributed by atoms with Crippen molar-refractivity contribution >= 4 is 5.97 Å². The molecule has 1 saturated heterocycles. The van der Waals surface area contributed by atoms with Crippen molar-refractivity contribution in [2.45, 2.75) is 31.9 Å². The van der Waals surface area contributed by atoms with E-state index < -0.39 is 0 Å². The first-order chi connectivity index (χ1) is 8.15. The van der Waals surface area contributed by atoms with E-state index in [1.807, 2.05) is 0 Å². The Morgan fingerprint density at radius 2 is 2.12 bits per heavy atom. The standard InChI is InChI=1S/C13H16FNO2/c1-9(16)17-12-6-7-15-13(8-12)10-2-4-11(14)5-3-10/h2-5,12-13,15H,6-8H2,1H3/t12-,13-/m1/s1. The first-order valence-electron chi connectivity index (χ1n) is 5.81. The second-order valence-corrected chi connectivity index (χ2v) is 4.31. The first kappa shape index (κ1) is 12.0. The van der Waals surface area contributed by atoms with E-state index in [9.17, 15) is 9.18 Å². The Balaban J connectivity index is 2.01. The van der Waals surface area contributed by atoms with Gasteiger partial charge in [-0.25, -0.2) is 4.39 Å². The number of hydrogen-bond acceptors (Lipinski definition) is 3. The SMILES string of the molecule is CC(=O)O[C@@H]1CCN[C@@H](c2ccc(F)cc2)C1. The third-order valence-electron chi connectivity index (χ3n) is 2.96. The molecular weight excluding hydrogens is 221 g/mol. The van der Waals surface area contributed by atoms with E-state index >= 15 is 0 Å². The lowest BCUT2D eigenvalue weighted by Crippen LogP contribution is -2.36. The smallest absolute Gasteiger partial charge is 0.302 e. The van der Waals surface area contributed by atoms with Gasteiger partial charge in [0, 0.05) is 19.4 Å². The molecule has 0 aromatic heterocycles. The molecule has 0 amide bonds. The molecular formula is C13H16FNO2. The third-order valence-corrected chi connectivity index (χ3v) is 2.96. The van der Waals surface area contributed by atoms with Crippen molar-refractivity contribution < 1.29 is 13.9 Å². The summed E-state index contributed by atoms with van der Waals surface area (Å²) in [5.74, 6) is -0.476. The lowest BCUT2D eigenvalue weighted by Gasteiger charge is -2.30. The van der Waals surface area contributed by atoms with E-state index in [2.05, 4.69) is 5.32 Å². The van der Waals surface area contributed by atoms with Crippen molar-refractivity contribution in [1.82, 2.24) is 5.32 Å². The van der Waals surface area contributed by atoms with Gasteiger partial charge in [0.15, 0.2) is 0 Å². The van der Waals surface area contributed by atoms with Crippen LogP contribution in [0.4, 0.5) is 4.39 Å². The van der Waals surface area contributed by atoms with Crippen LogP contribution in [-0.4, -0.2) is 18.6 Å². The van der Waals surface area contributed by atoms with Gasteiger partial charge in [-0.15, -0.1) is 0 Å². The minimum absolute atomic E-state index is 0.0381. The van der Waals surface area contributed by atoms with E-state index in [1.54, 1.807) is 12.1 Å². The molecule has 2 rings (SSSR count). The van der Waals surface area contributed by atoms with Crippen molar-refractivity contribution in [3.8, 4) is 0 Å². The van der Waals surface area contributed by atoms with E-state index in [0.29, 0.717) is 0 Å². The number of carbonyl (C=O) groups excluding carboxylic acids is 1. The number of piperidine rings is 1. The predicted molar refractivity (Wildman–Crippen MR) is 61.9 cm³/mol. The molecule has 17 heavy (non-hydrogen) atoms. The van der Waals surface area contributed by atoms with Crippen LogP contribution in [0.3, 0.4) is 0 Å². The highest BCUT2D eigenvalue weighted by Crippen LogP contribution is 2.25. The molecule has 1 aliphatic heterocycles. The van der Waals surface area contributed by atoms with E-state index in [-0.39, 0.29) is 23.9 Å². The quantitative estimate of drug-likeness (QED) is 0.801. The van der Waals surface area contributed by atoms with Gasteiger partial charge in [-0.2, -0.15) is 0 Å². The molecule has 0 radical (unpaired) electrons. The highest BCUT2D eigenvalue weighted by Gasteiger charge is 2.24. The Bertz CT molecular complexity index is 391. The Hall–Kier alpha value is -1.42. The minimum Gasteiger partial charge on any atom is -0.462 e. The molecule has 1 heterocycles. The second-order valence-electron chi connectivity index (χ2n) is 4.31. The number of ether oxygens (including phenoxy) is 1. The van der Waals surface area contributed by atoms with Crippen LogP contribution in [0.1, 0.15) is 31.4 Å². The summed E-state index contributed by atoms with van der Waals surface area (Å²) in [6.45, 7) is 2.23. The van der Waals surface area contributed by atoms with Gasteiger partial charge in [0.2, 0.25) is 0 Å². The van der Waals surface area contributed by atoms with Crippen LogP contribution >= 0.6 is 0 Å². The summed E-state index contributed by atoms with van der Waals surface area (Å²) < 4.78 is 18.0. The summed E-state index contributed by atoms with van der Waals surface area (Å²) in [6.07, 6.45) is 1.53.